The number of hydrogen-bond donors (Lipinski definition) is 2. The van der Waals surface area contributed by atoms with Gasteiger partial charge in [0.2, 0.25) is 0 Å². The lowest BCUT2D eigenvalue weighted by atomic mass is 10.1. The third-order valence-corrected chi connectivity index (χ3v) is 4.31. The van der Waals surface area contributed by atoms with Gasteiger partial charge in [-0.15, -0.1) is 0 Å². The van der Waals surface area contributed by atoms with Crippen LogP contribution in [-0.2, 0) is 0 Å². The largest absolute Gasteiger partial charge is 0.297 e. The zero-order valence-electron chi connectivity index (χ0n) is 15.0. The van der Waals surface area contributed by atoms with Crippen molar-refractivity contribution in [2.24, 2.45) is 0 Å². The van der Waals surface area contributed by atoms with E-state index in [0.29, 0.717) is 21.2 Å². The van der Waals surface area contributed by atoms with E-state index >= 15 is 0 Å². The molecule has 0 radical (unpaired) electrons. The Balaban J connectivity index is 2.14. The summed E-state index contributed by atoms with van der Waals surface area (Å²) in [4.78, 5) is 24.9. The zero-order valence-corrected chi connectivity index (χ0v) is 17.4. The third kappa shape index (κ3) is 5.92. The lowest BCUT2D eigenvalue weighted by Crippen LogP contribution is -2.59. The molecule has 2 rings (SSSR count). The van der Waals surface area contributed by atoms with Crippen molar-refractivity contribution in [3.63, 3.8) is 0 Å². The smallest absolute Gasteiger partial charge is 0.269 e. The van der Waals surface area contributed by atoms with E-state index in [1.54, 1.807) is 48.5 Å². The Bertz CT molecular complexity index is 847. The summed E-state index contributed by atoms with van der Waals surface area (Å²) in [5, 5.41) is 5.20. The van der Waals surface area contributed by atoms with Gasteiger partial charge in [-0.2, -0.15) is 0 Å². The Kier molecular flexibility index (Phi) is 6.81. The summed E-state index contributed by atoms with van der Waals surface area (Å²) in [6.07, 6.45) is 0. The fourth-order valence-electron chi connectivity index (χ4n) is 2.12. The number of carbonyl (C=O) groups excluding carboxylic acids is 2. The minimum Gasteiger partial charge on any atom is -0.297 e. The number of nitrogens with one attached hydrogen (secondary N) is 2. The summed E-state index contributed by atoms with van der Waals surface area (Å²) in [6, 6.07) is 12.9. The summed E-state index contributed by atoms with van der Waals surface area (Å²) in [6.45, 7) is 5.57. The molecule has 2 aromatic carbocycles. The molecule has 8 heteroatoms. The average molecular weight is 424 g/mol. The van der Waals surface area contributed by atoms with Crippen molar-refractivity contribution in [2.75, 3.05) is 0 Å². The van der Waals surface area contributed by atoms with Gasteiger partial charge >= 0.3 is 0 Å². The van der Waals surface area contributed by atoms with Gasteiger partial charge in [-0.25, -0.2) is 0 Å². The molecule has 0 saturated carbocycles. The van der Waals surface area contributed by atoms with Crippen molar-refractivity contribution in [1.82, 2.24) is 15.8 Å². The maximum absolute atomic E-state index is 12.5. The second-order valence-corrected chi connectivity index (χ2v) is 7.98. The van der Waals surface area contributed by atoms with Gasteiger partial charge in [0.1, 0.15) is 0 Å². The number of carbonyl (C=O) groups is 2. The SMILES string of the molecule is CC(C)(C)N(NC(=O)c1ccc(Cl)cc1)C(=S)NC(=O)c1ccc(Cl)cc1. The van der Waals surface area contributed by atoms with Gasteiger partial charge in [0.25, 0.3) is 11.8 Å². The number of hydrazine groups is 1. The number of hydrogen-bond acceptors (Lipinski definition) is 3. The van der Waals surface area contributed by atoms with Crippen LogP contribution in [0.15, 0.2) is 48.5 Å². The van der Waals surface area contributed by atoms with Crippen LogP contribution >= 0.6 is 35.4 Å². The van der Waals surface area contributed by atoms with Gasteiger partial charge in [-0.1, -0.05) is 23.2 Å². The molecule has 2 aromatic rings. The van der Waals surface area contributed by atoms with Crippen LogP contribution in [-0.4, -0.2) is 27.5 Å². The molecule has 0 aliphatic heterocycles. The van der Waals surface area contributed by atoms with Crippen LogP contribution in [0.2, 0.25) is 10.0 Å². The van der Waals surface area contributed by atoms with Crippen molar-refractivity contribution in [2.45, 2.75) is 26.3 Å². The summed E-state index contributed by atoms with van der Waals surface area (Å²) in [7, 11) is 0. The molecule has 0 saturated heterocycles. The van der Waals surface area contributed by atoms with Gasteiger partial charge in [0.05, 0.1) is 5.54 Å². The monoisotopic (exact) mass is 423 g/mol. The molecular weight excluding hydrogens is 405 g/mol. The van der Waals surface area contributed by atoms with E-state index in [4.69, 9.17) is 35.4 Å². The van der Waals surface area contributed by atoms with E-state index in [0.717, 1.165) is 0 Å². The number of rotatable bonds is 2. The molecular formula is C19H19Cl2N3O2S. The van der Waals surface area contributed by atoms with E-state index in [1.807, 2.05) is 20.8 Å². The maximum Gasteiger partial charge on any atom is 0.269 e. The molecule has 2 N–H and O–H groups in total. The molecule has 0 aromatic heterocycles. The molecule has 0 aliphatic rings. The Morgan fingerprint density at radius 1 is 0.852 bits per heavy atom. The third-order valence-electron chi connectivity index (χ3n) is 3.52. The lowest BCUT2D eigenvalue weighted by molar-refractivity contribution is 0.0761. The second-order valence-electron chi connectivity index (χ2n) is 6.72. The van der Waals surface area contributed by atoms with E-state index in [1.165, 1.54) is 5.01 Å². The van der Waals surface area contributed by atoms with Crippen molar-refractivity contribution < 1.29 is 9.59 Å². The van der Waals surface area contributed by atoms with E-state index in [9.17, 15) is 9.59 Å². The zero-order chi connectivity index (χ0) is 20.2. The molecule has 27 heavy (non-hydrogen) atoms. The molecule has 0 spiro atoms. The first-order chi connectivity index (χ1) is 12.6. The molecule has 0 bridgehead atoms. The van der Waals surface area contributed by atoms with Gasteiger partial charge in [0.15, 0.2) is 5.11 Å². The first-order valence-electron chi connectivity index (χ1n) is 8.05. The van der Waals surface area contributed by atoms with Gasteiger partial charge in [0, 0.05) is 21.2 Å². The number of benzene rings is 2. The van der Waals surface area contributed by atoms with Crippen LogP contribution in [0.25, 0.3) is 0 Å². The highest BCUT2D eigenvalue weighted by Gasteiger charge is 2.27. The average Bonchev–Trinajstić information content (AvgIpc) is 2.59. The minimum absolute atomic E-state index is 0.0739. The fourth-order valence-corrected chi connectivity index (χ4v) is 2.78. The van der Waals surface area contributed by atoms with Crippen LogP contribution in [0, 0.1) is 0 Å². The molecule has 142 valence electrons. The Hall–Kier alpha value is -2.15. The molecule has 5 nitrogen and oxygen atoms in total. The predicted octanol–water partition coefficient (Wildman–Crippen LogP) is 4.45. The highest BCUT2D eigenvalue weighted by molar-refractivity contribution is 7.80. The molecule has 0 heterocycles. The standard InChI is InChI=1S/C19H19Cl2N3O2S/c1-19(2,3)24(23-17(26)13-6-10-15(21)11-7-13)18(27)22-16(25)12-4-8-14(20)9-5-12/h4-11H,1-3H3,(H,23,26)(H,22,25,27). The highest BCUT2D eigenvalue weighted by Crippen LogP contribution is 2.14. The van der Waals surface area contributed by atoms with E-state index in [-0.39, 0.29) is 11.0 Å². The maximum atomic E-state index is 12.5. The first-order valence-corrected chi connectivity index (χ1v) is 9.22. The molecule has 0 fully saturated rings. The summed E-state index contributed by atoms with van der Waals surface area (Å²) in [5.41, 5.74) is 2.98. The van der Waals surface area contributed by atoms with Crippen LogP contribution in [0.3, 0.4) is 0 Å². The van der Waals surface area contributed by atoms with E-state index in [2.05, 4.69) is 10.7 Å². The number of halogens is 2. The molecule has 0 atom stereocenters. The highest BCUT2D eigenvalue weighted by atomic mass is 35.5. The number of nitrogens with zero attached hydrogens (tertiary/aromatic N) is 1. The first kappa shape index (κ1) is 21.2. The van der Waals surface area contributed by atoms with Gasteiger partial charge in [-0.05, 0) is 81.5 Å². The van der Waals surface area contributed by atoms with E-state index < -0.39 is 11.4 Å². The van der Waals surface area contributed by atoms with Crippen LogP contribution < -0.4 is 10.7 Å². The van der Waals surface area contributed by atoms with Crippen molar-refractivity contribution in [3.8, 4) is 0 Å². The predicted molar refractivity (Wildman–Crippen MR) is 112 cm³/mol. The van der Waals surface area contributed by atoms with Gasteiger partial charge in [-0.3, -0.25) is 25.3 Å². The van der Waals surface area contributed by atoms with Crippen molar-refractivity contribution in [3.05, 3.63) is 69.7 Å². The molecule has 2 amide bonds. The second kappa shape index (κ2) is 8.69. The Morgan fingerprint density at radius 2 is 1.26 bits per heavy atom. The van der Waals surface area contributed by atoms with Crippen molar-refractivity contribution >= 4 is 52.3 Å². The minimum atomic E-state index is -0.577. The Labute approximate surface area is 173 Å². The lowest BCUT2D eigenvalue weighted by Gasteiger charge is -2.37. The molecule has 0 aliphatic carbocycles. The quantitative estimate of drug-likeness (QED) is 0.552. The molecule has 0 unspecified atom stereocenters. The van der Waals surface area contributed by atoms with Crippen LogP contribution in [0.4, 0.5) is 0 Å². The summed E-state index contributed by atoms with van der Waals surface area (Å²) >= 11 is 17.0. The van der Waals surface area contributed by atoms with Crippen molar-refractivity contribution in [1.29, 1.82) is 0 Å². The summed E-state index contributed by atoms with van der Waals surface area (Å²) < 4.78 is 0. The number of amides is 2. The number of thiocarbonyl (C=S) groups is 1. The normalized spacial score (nSPS) is 10.9. The van der Waals surface area contributed by atoms with Crippen LogP contribution in [0.1, 0.15) is 41.5 Å². The van der Waals surface area contributed by atoms with Gasteiger partial charge < -0.3 is 0 Å². The topological polar surface area (TPSA) is 61.4 Å². The fraction of sp³-hybridized carbons (Fsp3) is 0.211. The summed E-state index contributed by atoms with van der Waals surface area (Å²) in [5.74, 6) is -0.767. The Morgan fingerprint density at radius 3 is 1.67 bits per heavy atom. The van der Waals surface area contributed by atoms with Crippen LogP contribution in [0.5, 0.6) is 0 Å².